The predicted octanol–water partition coefficient (Wildman–Crippen LogP) is 8.62. The van der Waals surface area contributed by atoms with Crippen LogP contribution in [0.2, 0.25) is 0 Å². The van der Waals surface area contributed by atoms with Gasteiger partial charge in [0.1, 0.15) is 11.5 Å². The van der Waals surface area contributed by atoms with E-state index < -0.39 is 5.41 Å². The fraction of sp³-hybridized carbons (Fsp3) is 0.444. The first-order valence-electron chi connectivity index (χ1n) is 14.9. The molecule has 1 fully saturated rings. The highest BCUT2D eigenvalue weighted by molar-refractivity contribution is 5.90. The second kappa shape index (κ2) is 19.8. The van der Waals surface area contributed by atoms with Crippen molar-refractivity contribution in [2.75, 3.05) is 20.1 Å². The first-order valence-corrected chi connectivity index (χ1v) is 14.9. The van der Waals surface area contributed by atoms with Crippen LogP contribution in [-0.2, 0) is 15.0 Å². The van der Waals surface area contributed by atoms with Gasteiger partial charge in [0.2, 0.25) is 0 Å². The zero-order valence-electron chi connectivity index (χ0n) is 24.9. The number of ketones is 1. The van der Waals surface area contributed by atoms with Crippen molar-refractivity contribution < 1.29 is 14.3 Å². The summed E-state index contributed by atoms with van der Waals surface area (Å²) in [6.07, 6.45) is 33.7. The van der Waals surface area contributed by atoms with Crippen molar-refractivity contribution in [3.63, 3.8) is 0 Å². The molecule has 0 amide bonds. The minimum absolute atomic E-state index is 0.221. The second-order valence-corrected chi connectivity index (χ2v) is 10.3. The van der Waals surface area contributed by atoms with Crippen LogP contribution in [0.3, 0.4) is 0 Å². The molecule has 40 heavy (non-hydrogen) atoms. The van der Waals surface area contributed by atoms with Gasteiger partial charge in [0.15, 0.2) is 0 Å². The van der Waals surface area contributed by atoms with Gasteiger partial charge in [-0.1, -0.05) is 98.9 Å². The summed E-state index contributed by atoms with van der Waals surface area (Å²) in [5, 5.41) is 0. The lowest BCUT2D eigenvalue weighted by molar-refractivity contribution is -0.133. The molecule has 216 valence electrons. The van der Waals surface area contributed by atoms with E-state index in [1.54, 1.807) is 6.07 Å². The van der Waals surface area contributed by atoms with Crippen LogP contribution in [0.15, 0.2) is 97.2 Å². The number of carbonyl (C=O) groups excluding carboxylic acids is 2. The van der Waals surface area contributed by atoms with Gasteiger partial charge in [-0.3, -0.25) is 9.59 Å². The Labute approximate surface area is 242 Å². The number of nitrogens with zero attached hydrogens (tertiary/aromatic N) is 1. The quantitative estimate of drug-likeness (QED) is 0.112. The van der Waals surface area contributed by atoms with Crippen molar-refractivity contribution in [3.8, 4) is 5.75 Å². The summed E-state index contributed by atoms with van der Waals surface area (Å²) in [6, 6.07) is 7.57. The van der Waals surface area contributed by atoms with Crippen LogP contribution in [0.4, 0.5) is 0 Å². The van der Waals surface area contributed by atoms with Gasteiger partial charge in [0, 0.05) is 6.42 Å². The van der Waals surface area contributed by atoms with Crippen LogP contribution in [0.5, 0.6) is 5.75 Å². The van der Waals surface area contributed by atoms with Gasteiger partial charge >= 0.3 is 5.97 Å². The molecular weight excluding hydrogens is 494 g/mol. The third-order valence-electron chi connectivity index (χ3n) is 7.19. The zero-order valence-corrected chi connectivity index (χ0v) is 24.9. The molecule has 0 aliphatic carbocycles. The van der Waals surface area contributed by atoms with Crippen molar-refractivity contribution in [2.45, 2.75) is 83.5 Å². The molecule has 4 heteroatoms. The second-order valence-electron chi connectivity index (χ2n) is 10.3. The fourth-order valence-electron chi connectivity index (χ4n) is 4.80. The molecule has 1 saturated heterocycles. The van der Waals surface area contributed by atoms with E-state index in [2.05, 4.69) is 79.6 Å². The monoisotopic (exact) mass is 543 g/mol. The molecule has 0 radical (unpaired) electrons. The van der Waals surface area contributed by atoms with Crippen molar-refractivity contribution in [1.29, 1.82) is 0 Å². The van der Waals surface area contributed by atoms with E-state index in [4.69, 9.17) is 4.74 Å². The minimum atomic E-state index is -0.481. The molecule has 0 spiro atoms. The Morgan fingerprint density at radius 2 is 1.27 bits per heavy atom. The smallest absolute Gasteiger partial charge is 0.315 e. The number of carbonyl (C=O) groups is 2. The van der Waals surface area contributed by atoms with E-state index in [0.717, 1.165) is 70.0 Å². The SMILES string of the molecule is CC/C=C\C/C=C\C/C=C\C/C=C\C/C=C\C/C=C\CC(=O)Oc1cccc(C2(C(=O)CC)CCN(C)CC2)c1. The van der Waals surface area contributed by atoms with Gasteiger partial charge in [-0.25, -0.2) is 0 Å². The van der Waals surface area contributed by atoms with Crippen molar-refractivity contribution in [1.82, 2.24) is 4.90 Å². The summed E-state index contributed by atoms with van der Waals surface area (Å²) in [4.78, 5) is 27.6. The van der Waals surface area contributed by atoms with Crippen molar-refractivity contribution >= 4 is 11.8 Å². The van der Waals surface area contributed by atoms with Crippen LogP contribution in [0.25, 0.3) is 0 Å². The third kappa shape index (κ3) is 12.3. The molecular formula is C36H49NO3. The molecule has 0 unspecified atom stereocenters. The highest BCUT2D eigenvalue weighted by Crippen LogP contribution is 2.38. The van der Waals surface area contributed by atoms with Gasteiger partial charge in [-0.15, -0.1) is 0 Å². The maximum atomic E-state index is 13.0. The lowest BCUT2D eigenvalue weighted by Crippen LogP contribution is -2.46. The van der Waals surface area contributed by atoms with Gasteiger partial charge in [-0.2, -0.15) is 0 Å². The van der Waals surface area contributed by atoms with E-state index in [9.17, 15) is 9.59 Å². The summed E-state index contributed by atoms with van der Waals surface area (Å²) in [6.45, 7) is 5.85. The average Bonchev–Trinajstić information content (AvgIpc) is 2.96. The maximum Gasteiger partial charge on any atom is 0.315 e. The molecule has 0 bridgehead atoms. The molecule has 1 aliphatic rings. The van der Waals surface area contributed by atoms with E-state index >= 15 is 0 Å². The molecule has 4 nitrogen and oxygen atoms in total. The first kappa shape index (κ1) is 33.0. The lowest BCUT2D eigenvalue weighted by atomic mass is 9.69. The van der Waals surface area contributed by atoms with Gasteiger partial charge in [0.25, 0.3) is 0 Å². The van der Waals surface area contributed by atoms with Crippen molar-refractivity contribution in [2.24, 2.45) is 0 Å². The molecule has 0 aromatic heterocycles. The molecule has 1 aromatic carbocycles. The predicted molar refractivity (Wildman–Crippen MR) is 169 cm³/mol. The van der Waals surface area contributed by atoms with E-state index in [1.807, 2.05) is 37.3 Å². The van der Waals surface area contributed by atoms with Crippen LogP contribution < -0.4 is 4.74 Å². The minimum Gasteiger partial charge on any atom is -0.426 e. The Bertz CT molecular complexity index is 1070. The molecule has 0 saturated carbocycles. The van der Waals surface area contributed by atoms with Gasteiger partial charge in [0.05, 0.1) is 11.8 Å². The number of allylic oxidation sites excluding steroid dienone is 11. The largest absolute Gasteiger partial charge is 0.426 e. The highest BCUT2D eigenvalue weighted by atomic mass is 16.5. The topological polar surface area (TPSA) is 46.6 Å². The summed E-state index contributed by atoms with van der Waals surface area (Å²) < 4.78 is 5.61. The number of likely N-dealkylation sites (tertiary alicyclic amines) is 1. The third-order valence-corrected chi connectivity index (χ3v) is 7.19. The molecule has 2 rings (SSSR count). The number of hydrogen-bond donors (Lipinski definition) is 0. The van der Waals surface area contributed by atoms with E-state index in [-0.39, 0.29) is 18.2 Å². The fourth-order valence-corrected chi connectivity index (χ4v) is 4.80. The molecule has 1 heterocycles. The standard InChI is InChI=1S/C36H49NO3/c1-4-6-7-8-9-10-11-12-13-14-15-16-17-18-19-20-21-22-26-35(39)40-33-25-23-24-32(31-33)36(34(38)5-2)27-29-37(3)30-28-36/h6-7,9-10,12-13,15-16,18-19,21-25,31H,4-5,8,11,14,17,20,26-30H2,1-3H3/b7-6-,10-9-,13-12-,16-15-,19-18-,22-21-. The summed E-state index contributed by atoms with van der Waals surface area (Å²) in [7, 11) is 2.09. The normalized spacial score (nSPS) is 16.5. The Balaban J connectivity index is 1.68. The Morgan fingerprint density at radius 1 is 0.775 bits per heavy atom. The zero-order chi connectivity index (χ0) is 28.9. The van der Waals surface area contributed by atoms with Crippen LogP contribution in [0, 0.1) is 0 Å². The lowest BCUT2D eigenvalue weighted by Gasteiger charge is -2.40. The summed E-state index contributed by atoms with van der Waals surface area (Å²) in [5.41, 5.74) is 0.483. The maximum absolute atomic E-state index is 13.0. The van der Waals surface area contributed by atoms with Gasteiger partial charge < -0.3 is 9.64 Å². The number of hydrogen-bond acceptors (Lipinski definition) is 4. The van der Waals surface area contributed by atoms with Gasteiger partial charge in [-0.05, 0) is 89.2 Å². The van der Waals surface area contributed by atoms with Crippen LogP contribution in [0.1, 0.15) is 83.6 Å². The number of benzene rings is 1. The summed E-state index contributed by atoms with van der Waals surface area (Å²) >= 11 is 0. The van der Waals surface area contributed by atoms with E-state index in [0.29, 0.717) is 12.2 Å². The Hall–Kier alpha value is -3.24. The Kier molecular flexibility index (Phi) is 16.3. The van der Waals surface area contributed by atoms with Crippen LogP contribution in [-0.4, -0.2) is 36.8 Å². The Morgan fingerprint density at radius 3 is 1.77 bits per heavy atom. The highest BCUT2D eigenvalue weighted by Gasteiger charge is 2.41. The number of rotatable bonds is 17. The van der Waals surface area contributed by atoms with Crippen LogP contribution >= 0.6 is 0 Å². The number of ether oxygens (including phenoxy) is 1. The molecule has 0 N–H and O–H groups in total. The summed E-state index contributed by atoms with van der Waals surface area (Å²) in [5.74, 6) is 0.481. The average molecular weight is 544 g/mol. The molecule has 0 atom stereocenters. The number of Topliss-reactive ketones (excluding diaryl/α,β-unsaturated/α-hetero) is 1. The number of piperidine rings is 1. The first-order chi connectivity index (χ1) is 19.5. The molecule has 1 aromatic rings. The molecule has 1 aliphatic heterocycles. The van der Waals surface area contributed by atoms with Crippen molar-refractivity contribution in [3.05, 3.63) is 103 Å². The number of esters is 1. The van der Waals surface area contributed by atoms with E-state index in [1.165, 1.54) is 0 Å².